The average Bonchev–Trinajstić information content (AvgIpc) is 3.13. The number of nitrogens with zero attached hydrogens (tertiary/aromatic N) is 3. The van der Waals surface area contributed by atoms with E-state index in [-0.39, 0.29) is 0 Å². The van der Waals surface area contributed by atoms with Gasteiger partial charge in [-0.2, -0.15) is 0 Å². The summed E-state index contributed by atoms with van der Waals surface area (Å²) in [5.41, 5.74) is 6.38. The van der Waals surface area contributed by atoms with Crippen molar-refractivity contribution in [2.24, 2.45) is 5.73 Å². The van der Waals surface area contributed by atoms with Gasteiger partial charge in [-0.1, -0.05) is 6.07 Å². The minimum Gasteiger partial charge on any atom is -0.347 e. The van der Waals surface area contributed by atoms with Crippen LogP contribution in [0.3, 0.4) is 0 Å². The fourth-order valence-electron chi connectivity index (χ4n) is 1.96. The monoisotopic (exact) mass is 260 g/mol. The highest BCUT2D eigenvalue weighted by atomic mass is 32.1. The summed E-state index contributed by atoms with van der Waals surface area (Å²) < 4.78 is 0. The molecule has 1 saturated carbocycles. The zero-order chi connectivity index (χ0) is 12.4. The summed E-state index contributed by atoms with van der Waals surface area (Å²) >= 11 is 1.79. The molecule has 3 rings (SSSR count). The molecule has 5 heteroatoms. The van der Waals surface area contributed by atoms with Crippen LogP contribution >= 0.6 is 11.3 Å². The van der Waals surface area contributed by atoms with Gasteiger partial charge in [0.25, 0.3) is 0 Å². The number of rotatable bonds is 5. The van der Waals surface area contributed by atoms with Crippen LogP contribution in [0.5, 0.6) is 0 Å². The van der Waals surface area contributed by atoms with Gasteiger partial charge in [0.2, 0.25) is 0 Å². The molecule has 94 valence electrons. The Morgan fingerprint density at radius 2 is 2.22 bits per heavy atom. The van der Waals surface area contributed by atoms with E-state index < -0.39 is 0 Å². The Hall–Kier alpha value is -1.46. The van der Waals surface area contributed by atoms with E-state index >= 15 is 0 Å². The van der Waals surface area contributed by atoms with E-state index in [9.17, 15) is 0 Å². The number of anilines is 1. The highest BCUT2D eigenvalue weighted by Gasteiger charge is 2.30. The van der Waals surface area contributed by atoms with Gasteiger partial charge in [0.15, 0.2) is 0 Å². The maximum atomic E-state index is 5.54. The van der Waals surface area contributed by atoms with Crippen LogP contribution in [-0.2, 0) is 13.1 Å². The van der Waals surface area contributed by atoms with Crippen molar-refractivity contribution in [3.8, 4) is 0 Å². The van der Waals surface area contributed by atoms with Crippen molar-refractivity contribution in [1.82, 2.24) is 9.97 Å². The highest BCUT2D eigenvalue weighted by molar-refractivity contribution is 7.09. The van der Waals surface area contributed by atoms with E-state index in [1.807, 2.05) is 6.20 Å². The molecule has 1 aliphatic carbocycles. The average molecular weight is 260 g/mol. The van der Waals surface area contributed by atoms with E-state index in [4.69, 9.17) is 5.73 Å². The lowest BCUT2D eigenvalue weighted by Crippen LogP contribution is -2.25. The third kappa shape index (κ3) is 2.52. The van der Waals surface area contributed by atoms with Crippen molar-refractivity contribution < 1.29 is 0 Å². The second-order valence-corrected chi connectivity index (χ2v) is 5.54. The van der Waals surface area contributed by atoms with Gasteiger partial charge < -0.3 is 10.6 Å². The van der Waals surface area contributed by atoms with Gasteiger partial charge in [-0.15, -0.1) is 11.3 Å². The number of hydrogen-bond donors (Lipinski definition) is 1. The molecule has 0 spiro atoms. The van der Waals surface area contributed by atoms with E-state index in [1.54, 1.807) is 17.5 Å². The lowest BCUT2D eigenvalue weighted by molar-refractivity contribution is 0.778. The molecule has 0 atom stereocenters. The zero-order valence-corrected chi connectivity index (χ0v) is 10.9. The molecule has 2 aromatic rings. The molecule has 0 radical (unpaired) electrons. The van der Waals surface area contributed by atoms with E-state index in [2.05, 4.69) is 32.4 Å². The largest absolute Gasteiger partial charge is 0.347 e. The van der Waals surface area contributed by atoms with Crippen LogP contribution < -0.4 is 10.6 Å². The summed E-state index contributed by atoms with van der Waals surface area (Å²) in [4.78, 5) is 12.5. The molecule has 0 amide bonds. The third-order valence-corrected chi connectivity index (χ3v) is 3.95. The Balaban J connectivity index is 1.80. The molecule has 0 aliphatic heterocycles. The van der Waals surface area contributed by atoms with Crippen LogP contribution in [0.4, 0.5) is 5.82 Å². The van der Waals surface area contributed by atoms with Crippen LogP contribution in [0.1, 0.15) is 23.4 Å². The Kier molecular flexibility index (Phi) is 3.25. The number of nitrogens with two attached hydrogens (primary N) is 1. The molecule has 2 N–H and O–H groups in total. The molecule has 2 aromatic heterocycles. The molecular formula is C13H16N4S. The van der Waals surface area contributed by atoms with Crippen molar-refractivity contribution in [1.29, 1.82) is 0 Å². The summed E-state index contributed by atoms with van der Waals surface area (Å²) in [5, 5.41) is 2.11. The van der Waals surface area contributed by atoms with Crippen LogP contribution in [-0.4, -0.2) is 16.0 Å². The van der Waals surface area contributed by atoms with Crippen molar-refractivity contribution in [3.05, 3.63) is 40.5 Å². The van der Waals surface area contributed by atoms with Crippen LogP contribution in [0.2, 0.25) is 0 Å². The molecule has 1 fully saturated rings. The predicted octanol–water partition coefficient (Wildman–Crippen LogP) is 2.17. The minimum atomic E-state index is 0.446. The van der Waals surface area contributed by atoms with E-state index in [1.165, 1.54) is 17.7 Å². The van der Waals surface area contributed by atoms with E-state index in [0.717, 1.165) is 18.1 Å². The quantitative estimate of drug-likeness (QED) is 0.895. The smallest absolute Gasteiger partial charge is 0.147 e. The molecule has 0 unspecified atom stereocenters. The molecule has 0 saturated heterocycles. The van der Waals surface area contributed by atoms with Crippen molar-refractivity contribution >= 4 is 17.2 Å². The second kappa shape index (κ2) is 5.04. The maximum Gasteiger partial charge on any atom is 0.147 e. The Morgan fingerprint density at radius 3 is 2.78 bits per heavy atom. The number of hydrogen-bond acceptors (Lipinski definition) is 5. The first kappa shape index (κ1) is 11.6. The molecule has 2 heterocycles. The van der Waals surface area contributed by atoms with E-state index in [0.29, 0.717) is 12.6 Å². The molecular weight excluding hydrogens is 244 g/mol. The third-order valence-electron chi connectivity index (χ3n) is 3.09. The van der Waals surface area contributed by atoms with Gasteiger partial charge in [0, 0.05) is 17.5 Å². The van der Waals surface area contributed by atoms with Gasteiger partial charge in [-0.3, -0.25) is 4.98 Å². The minimum absolute atomic E-state index is 0.446. The molecule has 18 heavy (non-hydrogen) atoms. The SMILES string of the molecule is NCc1cnc(N(Cc2cccs2)C2CC2)cn1. The lowest BCUT2D eigenvalue weighted by atomic mass is 10.4. The fourth-order valence-corrected chi connectivity index (χ4v) is 2.66. The van der Waals surface area contributed by atoms with Crippen LogP contribution in [0, 0.1) is 0 Å². The van der Waals surface area contributed by atoms with Gasteiger partial charge in [-0.05, 0) is 24.3 Å². The Morgan fingerprint density at radius 1 is 1.33 bits per heavy atom. The number of thiophene rings is 1. The maximum absolute atomic E-state index is 5.54. The van der Waals surface area contributed by atoms with Crippen molar-refractivity contribution in [2.75, 3.05) is 4.90 Å². The van der Waals surface area contributed by atoms with Crippen molar-refractivity contribution in [3.63, 3.8) is 0 Å². The highest BCUT2D eigenvalue weighted by Crippen LogP contribution is 2.32. The Bertz CT molecular complexity index is 490. The normalized spacial score (nSPS) is 14.7. The zero-order valence-electron chi connectivity index (χ0n) is 10.1. The van der Waals surface area contributed by atoms with Gasteiger partial charge in [0.1, 0.15) is 5.82 Å². The fraction of sp³-hybridized carbons (Fsp3) is 0.385. The van der Waals surface area contributed by atoms with Gasteiger partial charge >= 0.3 is 0 Å². The standard InChI is InChI=1S/C13H16N4S/c14-6-10-7-16-13(8-15-10)17(11-3-4-11)9-12-2-1-5-18-12/h1-2,5,7-8,11H,3-4,6,9,14H2. The first-order valence-corrected chi connectivity index (χ1v) is 7.05. The topological polar surface area (TPSA) is 55.0 Å². The Labute approximate surface area is 110 Å². The van der Waals surface area contributed by atoms with Gasteiger partial charge in [0.05, 0.1) is 24.6 Å². The first-order chi connectivity index (χ1) is 8.86. The summed E-state index contributed by atoms with van der Waals surface area (Å²) in [6.45, 7) is 1.38. The molecule has 0 aromatic carbocycles. The van der Waals surface area contributed by atoms with Gasteiger partial charge in [-0.25, -0.2) is 4.98 Å². The summed E-state index contributed by atoms with van der Waals surface area (Å²) in [6, 6.07) is 4.89. The molecule has 1 aliphatic rings. The lowest BCUT2D eigenvalue weighted by Gasteiger charge is -2.22. The second-order valence-electron chi connectivity index (χ2n) is 4.51. The van der Waals surface area contributed by atoms with Crippen molar-refractivity contribution in [2.45, 2.75) is 32.0 Å². The predicted molar refractivity (Wildman–Crippen MR) is 73.4 cm³/mol. The molecule has 0 bridgehead atoms. The number of aromatic nitrogens is 2. The van der Waals surface area contributed by atoms with Crippen LogP contribution in [0.25, 0.3) is 0 Å². The summed E-state index contributed by atoms with van der Waals surface area (Å²) in [5.74, 6) is 0.961. The summed E-state index contributed by atoms with van der Waals surface area (Å²) in [7, 11) is 0. The van der Waals surface area contributed by atoms with Crippen LogP contribution in [0.15, 0.2) is 29.9 Å². The first-order valence-electron chi connectivity index (χ1n) is 6.17. The molecule has 4 nitrogen and oxygen atoms in total. The summed E-state index contributed by atoms with van der Waals surface area (Å²) in [6.07, 6.45) is 6.13.